The maximum atomic E-state index is 14.8. The summed E-state index contributed by atoms with van der Waals surface area (Å²) in [4.78, 5) is 12.0. The molecule has 1 aromatic heterocycles. The van der Waals surface area contributed by atoms with Gasteiger partial charge in [-0.15, -0.1) is 0 Å². The largest absolute Gasteiger partial charge is 0.451 e. The van der Waals surface area contributed by atoms with Crippen LogP contribution in [0, 0.1) is 37.1 Å². The van der Waals surface area contributed by atoms with Gasteiger partial charge in [0, 0.05) is 18.7 Å². The van der Waals surface area contributed by atoms with Crippen LogP contribution >= 0.6 is 0 Å². The molecular weight excluding hydrogens is 388 g/mol. The molecule has 9 heteroatoms. The van der Waals surface area contributed by atoms with Gasteiger partial charge in [-0.05, 0) is 37.6 Å². The Morgan fingerprint density at radius 1 is 1.00 bits per heavy atom. The Balaban J connectivity index is 2.02. The molecule has 2 N–H and O–H groups in total. The summed E-state index contributed by atoms with van der Waals surface area (Å²) in [6.07, 6.45) is 1.28. The Labute approximate surface area is 163 Å². The van der Waals surface area contributed by atoms with E-state index in [0.717, 1.165) is 6.07 Å². The van der Waals surface area contributed by atoms with Gasteiger partial charge >= 0.3 is 0 Å². The molecule has 0 fully saturated rings. The van der Waals surface area contributed by atoms with Crippen LogP contribution in [0.5, 0.6) is 11.5 Å². The molecule has 0 spiro atoms. The average Bonchev–Trinajstić information content (AvgIpc) is 2.67. The van der Waals surface area contributed by atoms with E-state index in [0.29, 0.717) is 17.3 Å². The number of hydrogen-bond donors (Lipinski definition) is 1. The lowest BCUT2D eigenvalue weighted by Crippen LogP contribution is -2.13. The van der Waals surface area contributed by atoms with Crippen LogP contribution in [-0.4, -0.2) is 22.7 Å². The Hall–Kier alpha value is -3.49. The summed E-state index contributed by atoms with van der Waals surface area (Å²) >= 11 is 0. The Bertz CT molecular complexity index is 1090. The highest BCUT2D eigenvalue weighted by Crippen LogP contribution is 2.32. The second kappa shape index (κ2) is 7.86. The lowest BCUT2D eigenvalue weighted by molar-refractivity contribution is 0.383. The minimum atomic E-state index is -1.50. The van der Waals surface area contributed by atoms with Gasteiger partial charge in [0.05, 0.1) is 17.0 Å². The highest BCUT2D eigenvalue weighted by molar-refractivity contribution is 6.16. The smallest absolute Gasteiger partial charge is 0.204 e. The van der Waals surface area contributed by atoms with E-state index in [1.54, 1.807) is 6.92 Å². The van der Waals surface area contributed by atoms with Crippen molar-refractivity contribution in [2.45, 2.75) is 13.8 Å². The number of benzene rings is 2. The van der Waals surface area contributed by atoms with Gasteiger partial charge in [-0.25, -0.2) is 23.1 Å². The third kappa shape index (κ3) is 3.75. The maximum absolute atomic E-state index is 14.8. The minimum absolute atomic E-state index is 0.0563. The first-order valence-corrected chi connectivity index (χ1v) is 8.40. The van der Waals surface area contributed by atoms with Crippen molar-refractivity contribution in [3.8, 4) is 11.5 Å². The van der Waals surface area contributed by atoms with E-state index >= 15 is 0 Å². The highest BCUT2D eigenvalue weighted by atomic mass is 19.2. The van der Waals surface area contributed by atoms with Gasteiger partial charge in [-0.1, -0.05) is 0 Å². The second-order valence-corrected chi connectivity index (χ2v) is 6.17. The number of rotatable bonds is 4. The Kier molecular flexibility index (Phi) is 5.49. The third-order valence-electron chi connectivity index (χ3n) is 4.24. The Morgan fingerprint density at radius 2 is 1.72 bits per heavy atom. The van der Waals surface area contributed by atoms with Crippen molar-refractivity contribution in [1.29, 1.82) is 0 Å². The molecule has 0 radical (unpaired) electrons. The van der Waals surface area contributed by atoms with E-state index in [1.165, 1.54) is 32.4 Å². The molecule has 150 valence electrons. The molecule has 0 saturated carbocycles. The van der Waals surface area contributed by atoms with E-state index in [2.05, 4.69) is 15.0 Å². The molecule has 3 rings (SSSR count). The zero-order valence-electron chi connectivity index (χ0n) is 15.7. The standard InChI is InChI=1S/C20H16F4N4O/c1-9-6-14(22)17(24)19(16(9)23)29-11-4-5-12(13(21)7-11)18(26-3)15-10(2)27-8-28-20(15)25/h4-8H,1-3H3,(H2,25,27,28). The number of aromatic nitrogens is 2. The van der Waals surface area contributed by atoms with Crippen LogP contribution in [0.3, 0.4) is 0 Å². The number of ether oxygens (including phenoxy) is 1. The summed E-state index contributed by atoms with van der Waals surface area (Å²) in [6.45, 7) is 2.93. The first kappa shape index (κ1) is 20.2. The molecule has 0 aliphatic carbocycles. The molecular formula is C20H16F4N4O. The second-order valence-electron chi connectivity index (χ2n) is 6.17. The molecule has 0 aliphatic rings. The van der Waals surface area contributed by atoms with Crippen LogP contribution in [0.25, 0.3) is 0 Å². The average molecular weight is 404 g/mol. The number of nitrogens with zero attached hydrogens (tertiary/aromatic N) is 3. The van der Waals surface area contributed by atoms with Gasteiger partial charge in [0.2, 0.25) is 11.6 Å². The van der Waals surface area contributed by atoms with Crippen LogP contribution < -0.4 is 10.5 Å². The molecule has 29 heavy (non-hydrogen) atoms. The summed E-state index contributed by atoms with van der Waals surface area (Å²) < 4.78 is 61.5. The van der Waals surface area contributed by atoms with Gasteiger partial charge in [-0.2, -0.15) is 4.39 Å². The van der Waals surface area contributed by atoms with E-state index in [9.17, 15) is 17.6 Å². The zero-order chi connectivity index (χ0) is 21.3. The molecule has 0 atom stereocenters. The fourth-order valence-electron chi connectivity index (χ4n) is 2.81. The maximum Gasteiger partial charge on any atom is 0.204 e. The number of halogens is 4. The van der Waals surface area contributed by atoms with Crippen LogP contribution in [0.2, 0.25) is 0 Å². The predicted octanol–water partition coefficient (Wildman–Crippen LogP) is 4.49. The number of nitrogen functional groups attached to an aromatic ring is 1. The van der Waals surface area contributed by atoms with E-state index < -0.39 is 29.0 Å². The van der Waals surface area contributed by atoms with E-state index in [4.69, 9.17) is 10.5 Å². The van der Waals surface area contributed by atoms with Gasteiger partial charge in [0.25, 0.3) is 0 Å². The van der Waals surface area contributed by atoms with Gasteiger partial charge in [-0.3, -0.25) is 4.99 Å². The van der Waals surface area contributed by atoms with Gasteiger partial charge < -0.3 is 10.5 Å². The molecule has 0 aliphatic heterocycles. The number of aryl methyl sites for hydroxylation is 2. The van der Waals surface area contributed by atoms with E-state index in [-0.39, 0.29) is 28.4 Å². The summed E-state index contributed by atoms with van der Waals surface area (Å²) in [5.41, 5.74) is 6.85. The van der Waals surface area contributed by atoms with Gasteiger partial charge in [0.1, 0.15) is 23.7 Å². The first-order valence-electron chi connectivity index (χ1n) is 8.40. The lowest BCUT2D eigenvalue weighted by Gasteiger charge is -2.14. The van der Waals surface area contributed by atoms with Crippen molar-refractivity contribution in [1.82, 2.24) is 9.97 Å². The molecule has 0 bridgehead atoms. The number of anilines is 1. The van der Waals surface area contributed by atoms with Crippen LogP contribution in [-0.2, 0) is 0 Å². The summed E-state index contributed by atoms with van der Waals surface area (Å²) in [7, 11) is 1.45. The molecule has 0 unspecified atom stereocenters. The highest BCUT2D eigenvalue weighted by Gasteiger charge is 2.21. The van der Waals surface area contributed by atoms with Crippen LogP contribution in [0.1, 0.15) is 22.4 Å². The fraction of sp³-hybridized carbons (Fsp3) is 0.150. The van der Waals surface area contributed by atoms with Crippen molar-refractivity contribution in [3.05, 3.63) is 76.2 Å². The topological polar surface area (TPSA) is 73.4 Å². The first-order chi connectivity index (χ1) is 13.7. The van der Waals surface area contributed by atoms with Gasteiger partial charge in [0.15, 0.2) is 11.6 Å². The number of aliphatic imine (C=N–C) groups is 1. The molecule has 0 amide bonds. The van der Waals surface area contributed by atoms with Crippen LogP contribution in [0.4, 0.5) is 23.4 Å². The quantitative estimate of drug-likeness (QED) is 0.395. The van der Waals surface area contributed by atoms with Crippen molar-refractivity contribution in [2.24, 2.45) is 4.99 Å². The zero-order valence-corrected chi connectivity index (χ0v) is 15.7. The molecule has 3 aromatic rings. The van der Waals surface area contributed by atoms with Crippen molar-refractivity contribution >= 4 is 11.5 Å². The summed E-state index contributed by atoms with van der Waals surface area (Å²) in [6, 6.07) is 4.20. The molecule has 2 aromatic carbocycles. The van der Waals surface area contributed by atoms with Crippen LogP contribution in [0.15, 0.2) is 35.6 Å². The number of hydrogen-bond acceptors (Lipinski definition) is 5. The molecule has 0 saturated heterocycles. The lowest BCUT2D eigenvalue weighted by atomic mass is 10.0. The SMILES string of the molecule is CN=C(c1ccc(Oc2c(F)c(C)cc(F)c2F)cc1F)c1c(C)ncnc1N. The molecule has 5 nitrogen and oxygen atoms in total. The third-order valence-corrected chi connectivity index (χ3v) is 4.24. The van der Waals surface area contributed by atoms with Crippen molar-refractivity contribution < 1.29 is 22.3 Å². The minimum Gasteiger partial charge on any atom is -0.451 e. The molecule has 1 heterocycles. The van der Waals surface area contributed by atoms with Crippen molar-refractivity contribution in [3.63, 3.8) is 0 Å². The summed E-state index contributed by atoms with van der Waals surface area (Å²) in [5, 5.41) is 0. The monoisotopic (exact) mass is 404 g/mol. The van der Waals surface area contributed by atoms with Crippen molar-refractivity contribution in [2.75, 3.05) is 12.8 Å². The summed E-state index contributed by atoms with van der Waals surface area (Å²) in [5.74, 6) is -5.69. The fourth-order valence-corrected chi connectivity index (χ4v) is 2.81. The van der Waals surface area contributed by atoms with E-state index in [1.807, 2.05) is 0 Å². The number of nitrogens with two attached hydrogens (primary N) is 1. The normalized spacial score (nSPS) is 11.6. The Morgan fingerprint density at radius 3 is 2.34 bits per heavy atom. The predicted molar refractivity (Wildman–Crippen MR) is 100 cm³/mol.